The van der Waals surface area contributed by atoms with E-state index in [1.807, 2.05) is 42.5 Å². The number of rotatable bonds is 4. The second kappa shape index (κ2) is 11.8. The molecule has 3 aromatic heterocycles. The summed E-state index contributed by atoms with van der Waals surface area (Å²) in [6, 6.07) is 61.5. The van der Waals surface area contributed by atoms with Gasteiger partial charge in [0.25, 0.3) is 0 Å². The van der Waals surface area contributed by atoms with Crippen LogP contribution >= 0.6 is 0 Å². The lowest BCUT2D eigenvalue weighted by Crippen LogP contribution is -1.97. The quantitative estimate of drug-likeness (QED) is 0.163. The highest BCUT2D eigenvalue weighted by molar-refractivity contribution is 6.16. The van der Waals surface area contributed by atoms with Gasteiger partial charge in [0.05, 0.1) is 46.4 Å². The van der Waals surface area contributed by atoms with Crippen molar-refractivity contribution in [1.29, 1.82) is 0 Å². The van der Waals surface area contributed by atoms with E-state index in [4.69, 9.17) is 13.1 Å². The summed E-state index contributed by atoms with van der Waals surface area (Å²) >= 11 is 0. The second-order valence-electron chi connectivity index (χ2n) is 13.9. The average Bonchev–Trinajstić information content (AvgIpc) is 3.89. The number of fused-ring (bicyclic) bond motifs is 9. The van der Waals surface area contributed by atoms with E-state index in [1.165, 1.54) is 32.6 Å². The summed E-state index contributed by atoms with van der Waals surface area (Å²) in [5, 5.41) is 6.81. The zero-order chi connectivity index (χ0) is 36.6. The minimum atomic E-state index is 0.556. The van der Waals surface area contributed by atoms with Crippen LogP contribution < -0.4 is 0 Å². The van der Waals surface area contributed by atoms with Crippen molar-refractivity contribution in [3.05, 3.63) is 199 Å². The highest BCUT2D eigenvalue weighted by Crippen LogP contribution is 2.42. The van der Waals surface area contributed by atoms with Gasteiger partial charge in [-0.05, 0) is 77.2 Å². The molecule has 254 valence electrons. The summed E-state index contributed by atoms with van der Waals surface area (Å²) in [7, 11) is 0. The van der Waals surface area contributed by atoms with Gasteiger partial charge in [-0.15, -0.1) is 0 Å². The summed E-state index contributed by atoms with van der Waals surface area (Å²) < 4.78 is 6.88. The molecule has 0 saturated carbocycles. The van der Waals surface area contributed by atoms with Gasteiger partial charge >= 0.3 is 0 Å². The predicted molar refractivity (Wildman–Crippen MR) is 227 cm³/mol. The molecule has 0 atom stereocenters. The summed E-state index contributed by atoms with van der Waals surface area (Å²) in [6.07, 6.45) is 0. The van der Waals surface area contributed by atoms with Gasteiger partial charge in [0.2, 0.25) is 5.69 Å². The lowest BCUT2D eigenvalue weighted by Gasteiger charge is -2.14. The van der Waals surface area contributed by atoms with Crippen molar-refractivity contribution in [2.24, 2.45) is 0 Å². The Bertz CT molecular complexity index is 3400. The second-order valence-corrected chi connectivity index (χ2v) is 13.9. The molecule has 8 aromatic carbocycles. The van der Waals surface area contributed by atoms with E-state index in [9.17, 15) is 0 Å². The Hall–Kier alpha value is -7.86. The van der Waals surface area contributed by atoms with Crippen molar-refractivity contribution >= 4 is 76.8 Å². The van der Waals surface area contributed by atoms with Crippen molar-refractivity contribution in [2.45, 2.75) is 0 Å². The van der Waals surface area contributed by atoms with E-state index in [-0.39, 0.29) is 0 Å². The number of para-hydroxylation sites is 4. The maximum Gasteiger partial charge on any atom is 0.210 e. The fraction of sp³-hybridized carbons (Fsp3) is 0. The van der Waals surface area contributed by atoms with Crippen molar-refractivity contribution in [2.75, 3.05) is 0 Å². The van der Waals surface area contributed by atoms with Gasteiger partial charge in [0.1, 0.15) is 0 Å². The number of nitrogens with zero attached hydrogens (tertiary/aromatic N) is 5. The molecule has 0 aliphatic heterocycles. The first-order valence-electron chi connectivity index (χ1n) is 18.3. The third-order valence-electron chi connectivity index (χ3n) is 11.1. The molecule has 11 rings (SSSR count). The van der Waals surface area contributed by atoms with Crippen LogP contribution in [0.15, 0.2) is 176 Å². The first kappa shape index (κ1) is 30.7. The van der Waals surface area contributed by atoms with Crippen LogP contribution in [0.5, 0.6) is 0 Å². The normalized spacial score (nSPS) is 11.6. The molecule has 0 fully saturated rings. The van der Waals surface area contributed by atoms with Gasteiger partial charge in [-0.3, -0.25) is 0 Å². The van der Waals surface area contributed by atoms with Crippen LogP contribution in [-0.2, 0) is 0 Å². The van der Waals surface area contributed by atoms with Crippen LogP contribution in [0.3, 0.4) is 0 Å². The molecule has 0 amide bonds. The third kappa shape index (κ3) is 4.45. The van der Waals surface area contributed by atoms with Crippen LogP contribution in [0.2, 0.25) is 0 Å². The summed E-state index contributed by atoms with van der Waals surface area (Å²) in [5.74, 6) is 0. The van der Waals surface area contributed by atoms with Crippen LogP contribution in [-0.4, -0.2) is 13.7 Å². The van der Waals surface area contributed by atoms with Crippen LogP contribution in [0.4, 0.5) is 11.4 Å². The highest BCUT2D eigenvalue weighted by atomic mass is 15.0. The molecule has 0 spiro atoms. The van der Waals surface area contributed by atoms with E-state index in [0.717, 1.165) is 61.0 Å². The van der Waals surface area contributed by atoms with Crippen molar-refractivity contribution < 1.29 is 0 Å². The Morgan fingerprint density at radius 1 is 0.327 bits per heavy atom. The smallest absolute Gasteiger partial charge is 0.210 e. The van der Waals surface area contributed by atoms with E-state index in [0.29, 0.717) is 11.4 Å². The molecule has 0 bridgehead atoms. The maximum atomic E-state index is 8.10. The number of benzene rings is 8. The average molecular weight is 700 g/mol. The van der Waals surface area contributed by atoms with E-state index in [2.05, 4.69) is 157 Å². The number of hydrogen-bond donors (Lipinski definition) is 0. The Labute approximate surface area is 316 Å². The minimum absolute atomic E-state index is 0.556. The molecular formula is C50H29N5. The van der Waals surface area contributed by atoms with Crippen molar-refractivity contribution in [3.8, 4) is 28.2 Å². The largest absolute Gasteiger partial charge is 0.320 e. The number of aromatic nitrogens is 3. The fourth-order valence-corrected chi connectivity index (χ4v) is 8.71. The Balaban J connectivity index is 1.07. The minimum Gasteiger partial charge on any atom is -0.320 e. The molecule has 3 heterocycles. The van der Waals surface area contributed by atoms with Gasteiger partial charge < -0.3 is 13.7 Å². The molecule has 0 aliphatic carbocycles. The van der Waals surface area contributed by atoms with Gasteiger partial charge in [0, 0.05) is 43.8 Å². The molecule has 0 unspecified atom stereocenters. The highest BCUT2D eigenvalue weighted by Gasteiger charge is 2.19. The van der Waals surface area contributed by atoms with Crippen molar-refractivity contribution in [3.63, 3.8) is 0 Å². The van der Waals surface area contributed by atoms with Crippen LogP contribution in [0.1, 0.15) is 0 Å². The van der Waals surface area contributed by atoms with E-state index >= 15 is 0 Å². The molecule has 11 aromatic rings. The van der Waals surface area contributed by atoms with Gasteiger partial charge in [-0.2, -0.15) is 0 Å². The van der Waals surface area contributed by atoms with Crippen molar-refractivity contribution in [1.82, 2.24) is 13.7 Å². The Morgan fingerprint density at radius 2 is 0.818 bits per heavy atom. The zero-order valence-electron chi connectivity index (χ0n) is 29.5. The predicted octanol–water partition coefficient (Wildman–Crippen LogP) is 13.7. The molecule has 5 heteroatoms. The molecule has 0 aliphatic rings. The Morgan fingerprint density at radius 3 is 1.44 bits per heavy atom. The Kier molecular flexibility index (Phi) is 6.61. The van der Waals surface area contributed by atoms with Crippen LogP contribution in [0.25, 0.3) is 103 Å². The summed E-state index contributed by atoms with van der Waals surface area (Å²) in [6.45, 7) is 16.0. The van der Waals surface area contributed by atoms with E-state index in [1.54, 1.807) is 0 Å². The molecule has 0 radical (unpaired) electrons. The molecule has 0 saturated heterocycles. The van der Waals surface area contributed by atoms with E-state index < -0.39 is 0 Å². The summed E-state index contributed by atoms with van der Waals surface area (Å²) in [5.41, 5.74) is 12.8. The molecule has 0 N–H and O–H groups in total. The standard InChI is InChI=1S/C50H29N5/c1-51-41-29-24-33(30-49(41)55-46-20-10-6-15-40(46)50-42(52-2)16-11-21-47(50)55)32-22-25-34(26-23-32)53-43-17-7-5-14-38(43)39-28-27-35(31-48(39)53)54-44-18-8-3-12-36(44)37-13-4-9-19-45(37)54/h3-31H. The van der Waals surface area contributed by atoms with Gasteiger partial charge in [-0.25, -0.2) is 9.69 Å². The first-order valence-corrected chi connectivity index (χ1v) is 18.3. The van der Waals surface area contributed by atoms with Gasteiger partial charge in [0.15, 0.2) is 5.69 Å². The molecule has 55 heavy (non-hydrogen) atoms. The SMILES string of the molecule is [C-]#[N+]c1ccc(-c2ccc(-n3c4ccccc4c4ccc(-n5c6ccccc6c6ccccc65)cc43)cc2)cc1-n1c2ccccc2c2c([N+]#[C-])cccc21. The lowest BCUT2D eigenvalue weighted by atomic mass is 10.0. The monoisotopic (exact) mass is 699 g/mol. The lowest BCUT2D eigenvalue weighted by molar-refractivity contribution is 1.15. The topological polar surface area (TPSA) is 23.5 Å². The fourth-order valence-electron chi connectivity index (χ4n) is 8.71. The zero-order valence-corrected chi connectivity index (χ0v) is 29.5. The molecular weight excluding hydrogens is 671 g/mol. The molecule has 5 nitrogen and oxygen atoms in total. The maximum absolute atomic E-state index is 8.10. The number of hydrogen-bond acceptors (Lipinski definition) is 0. The summed E-state index contributed by atoms with van der Waals surface area (Å²) in [4.78, 5) is 7.79. The third-order valence-corrected chi connectivity index (χ3v) is 11.1. The van der Waals surface area contributed by atoms with Gasteiger partial charge in [-0.1, -0.05) is 115 Å². The first-order chi connectivity index (χ1) is 27.2. The van der Waals surface area contributed by atoms with Crippen LogP contribution in [0, 0.1) is 13.1 Å².